The summed E-state index contributed by atoms with van der Waals surface area (Å²) in [6.45, 7) is 3.55. The Balaban J connectivity index is 1.42. The number of hydrogen-bond acceptors (Lipinski definition) is 7. The van der Waals surface area contributed by atoms with E-state index in [0.29, 0.717) is 29.1 Å². The summed E-state index contributed by atoms with van der Waals surface area (Å²) in [4.78, 5) is 40.8. The number of amides is 2. The van der Waals surface area contributed by atoms with Crippen LogP contribution in [0.15, 0.2) is 42.6 Å². The summed E-state index contributed by atoms with van der Waals surface area (Å²) in [5.41, 5.74) is 6.54. The predicted molar refractivity (Wildman–Crippen MR) is 129 cm³/mol. The number of benzene rings is 1. The molecule has 182 valence electrons. The zero-order valence-electron chi connectivity index (χ0n) is 19.3. The van der Waals surface area contributed by atoms with E-state index in [4.69, 9.17) is 10.5 Å². The summed E-state index contributed by atoms with van der Waals surface area (Å²) in [7, 11) is 0. The van der Waals surface area contributed by atoms with Crippen LogP contribution in [0.1, 0.15) is 64.9 Å². The smallest absolute Gasteiger partial charge is 0.254 e. The highest BCUT2D eigenvalue weighted by Gasteiger charge is 2.31. The Morgan fingerprint density at radius 2 is 2.00 bits per heavy atom. The molecule has 8 nitrogen and oxygen atoms in total. The van der Waals surface area contributed by atoms with Gasteiger partial charge in [-0.25, -0.2) is 9.37 Å². The molecule has 0 spiro atoms. The van der Waals surface area contributed by atoms with Gasteiger partial charge in [0.1, 0.15) is 29.4 Å². The molecule has 2 heterocycles. The first kappa shape index (κ1) is 24.5. The molecule has 1 saturated carbocycles. The number of aromatic nitrogens is 2. The SMILES string of the molecule is CC[C@H](NC(=O)c1ccc(-c2cc([C@@H](C)Oc3ccc(C(=O)C4CC4)nc3)sn2)cc1F)C(N)=O. The standard InChI is InChI=1S/C25H25FN4O4S/c1-3-19(24(27)32)29-25(33)17-8-6-15(10-18(17)26)21-11-22(35-30-21)13(2)34-16-7-9-20(28-12-16)23(31)14-4-5-14/h6-14,19H,3-5H2,1-2H3,(H2,27,32)(H,29,33)/t13-,19+/m1/s1. The van der Waals surface area contributed by atoms with Gasteiger partial charge in [-0.2, -0.15) is 4.37 Å². The number of hydrogen-bond donors (Lipinski definition) is 2. The summed E-state index contributed by atoms with van der Waals surface area (Å²) in [5.74, 6) is -1.40. The third-order valence-electron chi connectivity index (χ3n) is 5.75. The Hall–Kier alpha value is -3.66. The minimum atomic E-state index is -0.866. The van der Waals surface area contributed by atoms with E-state index in [2.05, 4.69) is 14.7 Å². The van der Waals surface area contributed by atoms with E-state index in [9.17, 15) is 18.8 Å². The van der Waals surface area contributed by atoms with Crippen LogP contribution in [0, 0.1) is 11.7 Å². The van der Waals surface area contributed by atoms with E-state index in [1.54, 1.807) is 31.2 Å². The maximum absolute atomic E-state index is 14.7. The molecule has 1 fully saturated rings. The second-order valence-corrected chi connectivity index (χ2v) is 9.26. The minimum absolute atomic E-state index is 0.0745. The first-order valence-electron chi connectivity index (χ1n) is 11.3. The zero-order valence-corrected chi connectivity index (χ0v) is 20.1. The van der Waals surface area contributed by atoms with Gasteiger partial charge in [0.25, 0.3) is 5.91 Å². The lowest BCUT2D eigenvalue weighted by Crippen LogP contribution is -2.44. The van der Waals surface area contributed by atoms with Crippen LogP contribution in [-0.4, -0.2) is 33.0 Å². The van der Waals surface area contributed by atoms with Gasteiger partial charge in [0, 0.05) is 11.5 Å². The molecule has 0 unspecified atom stereocenters. The average molecular weight is 497 g/mol. The molecule has 0 radical (unpaired) electrons. The van der Waals surface area contributed by atoms with E-state index >= 15 is 0 Å². The first-order chi connectivity index (χ1) is 16.8. The van der Waals surface area contributed by atoms with Crippen LogP contribution in [0.3, 0.4) is 0 Å². The fraction of sp³-hybridized carbons (Fsp3) is 0.320. The van der Waals surface area contributed by atoms with Gasteiger partial charge in [0.2, 0.25) is 5.91 Å². The van der Waals surface area contributed by atoms with Gasteiger partial charge in [-0.3, -0.25) is 14.4 Å². The lowest BCUT2D eigenvalue weighted by Gasteiger charge is -2.13. The molecule has 35 heavy (non-hydrogen) atoms. The Bertz CT molecular complexity index is 1260. The summed E-state index contributed by atoms with van der Waals surface area (Å²) in [5, 5.41) is 2.44. The molecule has 1 aromatic carbocycles. The van der Waals surface area contributed by atoms with Gasteiger partial charge in [-0.15, -0.1) is 0 Å². The fourth-order valence-electron chi connectivity index (χ4n) is 3.50. The Morgan fingerprint density at radius 1 is 1.23 bits per heavy atom. The largest absolute Gasteiger partial charge is 0.484 e. The van der Waals surface area contributed by atoms with Crippen molar-refractivity contribution in [1.82, 2.24) is 14.7 Å². The number of nitrogens with two attached hydrogens (primary N) is 1. The Labute approximate surface area is 205 Å². The topological polar surface area (TPSA) is 124 Å². The van der Waals surface area contributed by atoms with Crippen LogP contribution >= 0.6 is 11.5 Å². The van der Waals surface area contributed by atoms with Crippen LogP contribution in [0.25, 0.3) is 11.3 Å². The van der Waals surface area contributed by atoms with Crippen molar-refractivity contribution in [2.24, 2.45) is 11.7 Å². The number of primary amides is 1. The summed E-state index contributed by atoms with van der Waals surface area (Å²) >= 11 is 1.22. The monoisotopic (exact) mass is 496 g/mol. The van der Waals surface area contributed by atoms with Crippen LogP contribution in [-0.2, 0) is 4.79 Å². The first-order valence-corrected chi connectivity index (χ1v) is 12.1. The van der Waals surface area contributed by atoms with Crippen molar-refractivity contribution in [3.05, 3.63) is 64.5 Å². The van der Waals surface area contributed by atoms with Crippen molar-refractivity contribution in [3.8, 4) is 17.0 Å². The molecule has 2 atom stereocenters. The van der Waals surface area contributed by atoms with E-state index < -0.39 is 23.7 Å². The van der Waals surface area contributed by atoms with E-state index in [-0.39, 0.29) is 23.4 Å². The van der Waals surface area contributed by atoms with Crippen molar-refractivity contribution in [3.63, 3.8) is 0 Å². The number of nitrogens with one attached hydrogen (secondary N) is 1. The molecule has 1 aliphatic rings. The predicted octanol–water partition coefficient (Wildman–Crippen LogP) is 4.07. The molecule has 3 N–H and O–H groups in total. The molecule has 2 amide bonds. The number of carbonyl (C=O) groups excluding carboxylic acids is 3. The normalized spacial score (nSPS) is 14.7. The van der Waals surface area contributed by atoms with E-state index in [1.807, 2.05) is 6.92 Å². The number of ketones is 1. The van der Waals surface area contributed by atoms with E-state index in [0.717, 1.165) is 17.7 Å². The van der Waals surface area contributed by atoms with Gasteiger partial charge in [0.15, 0.2) is 5.78 Å². The molecular weight excluding hydrogens is 471 g/mol. The third-order valence-corrected chi connectivity index (χ3v) is 6.69. The highest BCUT2D eigenvalue weighted by atomic mass is 32.1. The number of rotatable bonds is 10. The highest BCUT2D eigenvalue weighted by molar-refractivity contribution is 7.06. The molecule has 0 bridgehead atoms. The number of nitrogens with zero attached hydrogens (tertiary/aromatic N) is 2. The molecule has 0 saturated heterocycles. The number of ether oxygens (including phenoxy) is 1. The van der Waals surface area contributed by atoms with Crippen LogP contribution in [0.5, 0.6) is 5.75 Å². The van der Waals surface area contributed by atoms with Crippen LogP contribution in [0.2, 0.25) is 0 Å². The molecular formula is C25H25FN4O4S. The maximum atomic E-state index is 14.7. The Morgan fingerprint density at radius 3 is 2.60 bits per heavy atom. The number of halogens is 1. The van der Waals surface area contributed by atoms with Gasteiger partial charge in [0.05, 0.1) is 22.3 Å². The molecule has 4 rings (SSSR count). The van der Waals surface area contributed by atoms with Crippen LogP contribution in [0.4, 0.5) is 4.39 Å². The molecule has 2 aromatic heterocycles. The fourth-order valence-corrected chi connectivity index (χ4v) is 4.22. The van der Waals surface area contributed by atoms with Crippen molar-refractivity contribution < 1.29 is 23.5 Å². The van der Waals surface area contributed by atoms with Crippen molar-refractivity contribution in [2.75, 3.05) is 0 Å². The Kier molecular flexibility index (Phi) is 7.20. The van der Waals surface area contributed by atoms with Crippen molar-refractivity contribution in [1.29, 1.82) is 0 Å². The number of carbonyl (C=O) groups is 3. The lowest BCUT2D eigenvalue weighted by atomic mass is 10.1. The number of pyridine rings is 1. The van der Waals surface area contributed by atoms with Gasteiger partial charge in [-0.05, 0) is 68.1 Å². The summed E-state index contributed by atoms with van der Waals surface area (Å²) < 4.78 is 25.0. The second kappa shape index (κ2) is 10.3. The van der Waals surface area contributed by atoms with Crippen molar-refractivity contribution >= 4 is 29.1 Å². The minimum Gasteiger partial charge on any atom is -0.484 e. The third kappa shape index (κ3) is 5.71. The number of Topliss-reactive ketones (excluding diaryl/α,β-unsaturated/α-hetero) is 1. The maximum Gasteiger partial charge on any atom is 0.254 e. The van der Waals surface area contributed by atoms with E-state index in [1.165, 1.54) is 29.9 Å². The lowest BCUT2D eigenvalue weighted by molar-refractivity contribution is -0.119. The van der Waals surface area contributed by atoms with Crippen molar-refractivity contribution in [2.45, 2.75) is 45.3 Å². The molecule has 3 aromatic rings. The zero-order chi connectivity index (χ0) is 25.1. The summed E-state index contributed by atoms with van der Waals surface area (Å²) in [6, 6.07) is 8.49. The quantitative estimate of drug-likeness (QED) is 0.408. The van der Waals surface area contributed by atoms with Gasteiger partial charge >= 0.3 is 0 Å². The average Bonchev–Trinajstić information content (AvgIpc) is 3.57. The molecule has 10 heteroatoms. The van der Waals surface area contributed by atoms with Gasteiger partial charge in [-0.1, -0.05) is 13.0 Å². The molecule has 1 aliphatic carbocycles. The molecule has 0 aliphatic heterocycles. The second-order valence-electron chi connectivity index (χ2n) is 8.42. The highest BCUT2D eigenvalue weighted by Crippen LogP contribution is 2.33. The van der Waals surface area contributed by atoms with Crippen LogP contribution < -0.4 is 15.8 Å². The summed E-state index contributed by atoms with van der Waals surface area (Å²) in [6.07, 6.45) is 3.36. The van der Waals surface area contributed by atoms with Gasteiger partial charge < -0.3 is 15.8 Å².